The van der Waals surface area contributed by atoms with E-state index in [9.17, 15) is 19.5 Å². The van der Waals surface area contributed by atoms with Crippen LogP contribution >= 0.6 is 11.8 Å². The van der Waals surface area contributed by atoms with Crippen LogP contribution in [0.5, 0.6) is 0 Å². The van der Waals surface area contributed by atoms with Gasteiger partial charge in [0.2, 0.25) is 0 Å². The fourth-order valence-electron chi connectivity index (χ4n) is 1.68. The maximum absolute atomic E-state index is 11.3. The summed E-state index contributed by atoms with van der Waals surface area (Å²) in [5, 5.41) is 18.3. The Hall–Kier alpha value is -1.34. The lowest BCUT2D eigenvalue weighted by Gasteiger charge is -2.20. The number of carboxylic acid groups (broad SMARTS) is 1. The molecule has 0 aliphatic carbocycles. The van der Waals surface area contributed by atoms with Gasteiger partial charge in [0, 0.05) is 12.0 Å². The van der Waals surface area contributed by atoms with Crippen LogP contribution in [0.2, 0.25) is 0 Å². The molecule has 6 nitrogen and oxygen atoms in total. The zero-order chi connectivity index (χ0) is 16.4. The number of aliphatic carboxylic acids is 1. The van der Waals surface area contributed by atoms with Gasteiger partial charge in [0.15, 0.2) is 0 Å². The number of aldehydes is 1. The number of aliphatic hydroxyl groups excluding tert-OH is 1. The van der Waals surface area contributed by atoms with Gasteiger partial charge in [-0.25, -0.2) is 4.79 Å². The normalized spacial score (nSPS) is 15.9. The van der Waals surface area contributed by atoms with Crippen LogP contribution in [0, 0.1) is 11.8 Å². The summed E-state index contributed by atoms with van der Waals surface area (Å²) in [5.41, 5.74) is 0. The molecule has 0 fully saturated rings. The molecule has 0 saturated heterocycles. The number of aliphatic hydroxyl groups is 1. The highest BCUT2D eigenvalue weighted by molar-refractivity contribution is 8.03. The predicted octanol–water partition coefficient (Wildman–Crippen LogP) is 1.47. The second-order valence-electron chi connectivity index (χ2n) is 4.66. The van der Waals surface area contributed by atoms with Crippen molar-refractivity contribution >= 4 is 30.0 Å². The summed E-state index contributed by atoms with van der Waals surface area (Å²) < 4.78 is 4.79. The molecule has 0 spiro atoms. The molecule has 21 heavy (non-hydrogen) atoms. The predicted molar refractivity (Wildman–Crippen MR) is 79.8 cm³/mol. The van der Waals surface area contributed by atoms with Crippen molar-refractivity contribution in [3.63, 3.8) is 0 Å². The Kier molecular flexibility index (Phi) is 9.73. The lowest BCUT2D eigenvalue weighted by atomic mass is 9.92. The maximum atomic E-state index is 11.3. The van der Waals surface area contributed by atoms with Gasteiger partial charge in [-0.3, -0.25) is 4.79 Å². The molecule has 2 N–H and O–H groups in total. The first-order valence-corrected chi connectivity index (χ1v) is 7.66. The first-order chi connectivity index (χ1) is 9.81. The van der Waals surface area contributed by atoms with Crippen LogP contribution in [0.1, 0.15) is 27.2 Å². The van der Waals surface area contributed by atoms with Crippen molar-refractivity contribution in [1.82, 2.24) is 0 Å². The number of hydrogen-bond acceptors (Lipinski definition) is 6. The van der Waals surface area contributed by atoms with Crippen LogP contribution in [-0.4, -0.2) is 46.9 Å². The molecule has 0 bridgehead atoms. The van der Waals surface area contributed by atoms with E-state index in [0.29, 0.717) is 17.6 Å². The minimum atomic E-state index is -1.12. The van der Waals surface area contributed by atoms with E-state index in [2.05, 4.69) is 0 Å². The van der Waals surface area contributed by atoms with Crippen LogP contribution in [-0.2, 0) is 19.1 Å². The summed E-state index contributed by atoms with van der Waals surface area (Å²) in [7, 11) is 0. The minimum absolute atomic E-state index is 0.0116. The van der Waals surface area contributed by atoms with Gasteiger partial charge in [0.25, 0.3) is 0 Å². The third kappa shape index (κ3) is 8.52. The first kappa shape index (κ1) is 19.7. The zero-order valence-corrected chi connectivity index (χ0v) is 13.3. The van der Waals surface area contributed by atoms with Gasteiger partial charge in [0.1, 0.15) is 6.29 Å². The Morgan fingerprint density at radius 1 is 1.33 bits per heavy atom. The molecule has 120 valence electrons. The van der Waals surface area contributed by atoms with Crippen molar-refractivity contribution in [2.24, 2.45) is 11.8 Å². The third-order valence-electron chi connectivity index (χ3n) is 2.83. The SMILES string of the molecule is CCOC(=O)CS/C(=C\C(=O)O)[C@H](C)C[C@H](C=O)[C@@H](C)O. The third-order valence-corrected chi connectivity index (χ3v) is 4.07. The molecule has 0 aliphatic heterocycles. The van der Waals surface area contributed by atoms with Gasteiger partial charge in [-0.1, -0.05) is 6.92 Å². The Bertz CT molecular complexity index is 391. The van der Waals surface area contributed by atoms with Crippen molar-refractivity contribution in [3.05, 3.63) is 11.0 Å². The molecule has 7 heteroatoms. The van der Waals surface area contributed by atoms with E-state index in [1.807, 2.05) is 0 Å². The smallest absolute Gasteiger partial charge is 0.329 e. The van der Waals surface area contributed by atoms with Gasteiger partial charge in [0.05, 0.1) is 18.5 Å². The molecule has 0 unspecified atom stereocenters. The number of thioether (sulfide) groups is 1. The Balaban J connectivity index is 4.78. The van der Waals surface area contributed by atoms with Gasteiger partial charge in [-0.05, 0) is 31.1 Å². The van der Waals surface area contributed by atoms with E-state index in [4.69, 9.17) is 9.84 Å². The van der Waals surface area contributed by atoms with Crippen LogP contribution < -0.4 is 0 Å². The molecule has 0 saturated carbocycles. The molecule has 0 amide bonds. The van der Waals surface area contributed by atoms with E-state index in [1.165, 1.54) is 6.92 Å². The molecule has 0 aromatic rings. The highest BCUT2D eigenvalue weighted by Gasteiger charge is 2.21. The van der Waals surface area contributed by atoms with E-state index in [-0.39, 0.29) is 18.3 Å². The number of ether oxygens (including phenoxy) is 1. The fourth-order valence-corrected chi connectivity index (χ4v) is 2.62. The Labute approximate surface area is 128 Å². The lowest BCUT2D eigenvalue weighted by molar-refractivity contribution is -0.140. The summed E-state index contributed by atoms with van der Waals surface area (Å²) in [5.74, 6) is -2.36. The topological polar surface area (TPSA) is 101 Å². The summed E-state index contributed by atoms with van der Waals surface area (Å²) in [6.45, 7) is 5.22. The molecule has 3 atom stereocenters. The highest BCUT2D eigenvalue weighted by atomic mass is 32.2. The summed E-state index contributed by atoms with van der Waals surface area (Å²) >= 11 is 1.08. The van der Waals surface area contributed by atoms with Gasteiger partial charge >= 0.3 is 11.9 Å². The quantitative estimate of drug-likeness (QED) is 0.357. The fraction of sp³-hybridized carbons (Fsp3) is 0.643. The molecule has 0 radical (unpaired) electrons. The molecule has 0 heterocycles. The number of carbonyl (C=O) groups is 3. The molecule has 0 aliphatic rings. The summed E-state index contributed by atoms with van der Waals surface area (Å²) in [6.07, 6.45) is 1.20. The second kappa shape index (κ2) is 10.4. The summed E-state index contributed by atoms with van der Waals surface area (Å²) in [4.78, 5) is 33.6. The highest BCUT2D eigenvalue weighted by Crippen LogP contribution is 2.29. The van der Waals surface area contributed by atoms with Crippen LogP contribution in [0.3, 0.4) is 0 Å². The standard InChI is InChI=1S/C14H22O6S/c1-4-20-14(19)8-21-12(6-13(17)18)9(2)5-11(7-15)10(3)16/h6-7,9-11,16H,4-5,8H2,1-3H3,(H,17,18)/b12-6-/t9-,10-,11-/m1/s1. The van der Waals surface area contributed by atoms with Crippen molar-refractivity contribution < 1.29 is 29.3 Å². The maximum Gasteiger partial charge on any atom is 0.329 e. The van der Waals surface area contributed by atoms with E-state index >= 15 is 0 Å². The first-order valence-electron chi connectivity index (χ1n) is 6.68. The van der Waals surface area contributed by atoms with E-state index in [1.54, 1.807) is 13.8 Å². The minimum Gasteiger partial charge on any atom is -0.478 e. The zero-order valence-electron chi connectivity index (χ0n) is 12.4. The monoisotopic (exact) mass is 318 g/mol. The Morgan fingerprint density at radius 3 is 2.38 bits per heavy atom. The summed E-state index contributed by atoms with van der Waals surface area (Å²) in [6, 6.07) is 0. The second-order valence-corrected chi connectivity index (χ2v) is 5.70. The Morgan fingerprint density at radius 2 is 1.95 bits per heavy atom. The average molecular weight is 318 g/mol. The molecular formula is C14H22O6S. The largest absolute Gasteiger partial charge is 0.478 e. The number of hydrogen-bond donors (Lipinski definition) is 2. The van der Waals surface area contributed by atoms with Gasteiger partial charge < -0.3 is 19.7 Å². The lowest BCUT2D eigenvalue weighted by Crippen LogP contribution is -2.21. The van der Waals surface area contributed by atoms with Gasteiger partial charge in [-0.15, -0.1) is 11.8 Å². The number of carbonyl (C=O) groups excluding carboxylic acids is 2. The number of rotatable bonds is 10. The molecule has 0 aromatic heterocycles. The van der Waals surface area contributed by atoms with Crippen LogP contribution in [0.15, 0.2) is 11.0 Å². The molecular weight excluding hydrogens is 296 g/mol. The van der Waals surface area contributed by atoms with Gasteiger partial charge in [-0.2, -0.15) is 0 Å². The van der Waals surface area contributed by atoms with Crippen LogP contribution in [0.4, 0.5) is 0 Å². The van der Waals surface area contributed by atoms with Crippen molar-refractivity contribution in [2.45, 2.75) is 33.3 Å². The number of esters is 1. The molecule has 0 rings (SSSR count). The van der Waals surface area contributed by atoms with Crippen LogP contribution in [0.25, 0.3) is 0 Å². The van der Waals surface area contributed by atoms with Crippen molar-refractivity contribution in [1.29, 1.82) is 0 Å². The van der Waals surface area contributed by atoms with Crippen molar-refractivity contribution in [2.75, 3.05) is 12.4 Å². The van der Waals surface area contributed by atoms with E-state index < -0.39 is 24.0 Å². The van der Waals surface area contributed by atoms with E-state index in [0.717, 1.165) is 17.8 Å². The van der Waals surface area contributed by atoms with Crippen molar-refractivity contribution in [3.8, 4) is 0 Å². The number of allylic oxidation sites excluding steroid dienone is 1. The number of carboxylic acids is 1. The molecule has 0 aromatic carbocycles. The average Bonchev–Trinajstić information content (AvgIpc) is 2.39.